The van der Waals surface area contributed by atoms with Crippen molar-refractivity contribution in [3.8, 4) is 17.6 Å². The molecule has 0 bridgehead atoms. The van der Waals surface area contributed by atoms with E-state index in [-0.39, 0.29) is 6.01 Å². The Morgan fingerprint density at radius 1 is 1.16 bits per heavy atom. The molecule has 0 unspecified atom stereocenters. The summed E-state index contributed by atoms with van der Waals surface area (Å²) >= 11 is 0. The fourth-order valence-corrected chi connectivity index (χ4v) is 1.75. The quantitative estimate of drug-likeness (QED) is 0.779. The van der Waals surface area contributed by atoms with Gasteiger partial charge in [0.05, 0.1) is 18.8 Å². The summed E-state index contributed by atoms with van der Waals surface area (Å²) in [6.07, 6.45) is 1.76. The third-order valence-electron chi connectivity index (χ3n) is 2.64. The summed E-state index contributed by atoms with van der Waals surface area (Å²) in [4.78, 5) is 8.34. The number of methoxy groups -OCH3 is 1. The number of fused-ring (bicyclic) bond motifs is 1. The summed E-state index contributed by atoms with van der Waals surface area (Å²) in [5.74, 6) is 1.12. The van der Waals surface area contributed by atoms with Gasteiger partial charge in [-0.1, -0.05) is 0 Å². The van der Waals surface area contributed by atoms with Crippen LogP contribution < -0.4 is 9.47 Å². The minimum absolute atomic E-state index is 0.260. The van der Waals surface area contributed by atoms with Gasteiger partial charge in [0.2, 0.25) is 5.88 Å². The van der Waals surface area contributed by atoms with E-state index in [0.717, 1.165) is 16.6 Å². The maximum atomic E-state index is 5.63. The van der Waals surface area contributed by atoms with Gasteiger partial charge >= 0.3 is 6.01 Å². The van der Waals surface area contributed by atoms with Crippen molar-refractivity contribution >= 4 is 10.9 Å². The molecule has 0 fully saturated rings. The smallest absolute Gasteiger partial charge is 0.325 e. The first-order valence-electron chi connectivity index (χ1n) is 5.75. The third kappa shape index (κ3) is 2.33. The van der Waals surface area contributed by atoms with Crippen LogP contribution in [0.25, 0.3) is 10.9 Å². The molecule has 3 aromatic rings. The molecule has 3 rings (SSSR count). The minimum atomic E-state index is 0.260. The molecule has 0 atom stereocenters. The van der Waals surface area contributed by atoms with Gasteiger partial charge in [0, 0.05) is 23.2 Å². The first kappa shape index (κ1) is 11.5. The van der Waals surface area contributed by atoms with Gasteiger partial charge in [-0.15, -0.1) is 0 Å². The van der Waals surface area contributed by atoms with Crippen LogP contribution in [0.15, 0.2) is 30.5 Å². The van der Waals surface area contributed by atoms with Gasteiger partial charge < -0.3 is 9.47 Å². The topological polar surface area (TPSA) is 72.9 Å². The molecule has 0 spiro atoms. The molecule has 6 heteroatoms. The second kappa shape index (κ2) is 4.56. The Morgan fingerprint density at radius 2 is 2.05 bits per heavy atom. The monoisotopic (exact) mass is 256 g/mol. The number of aryl methyl sites for hydroxylation is 1. The van der Waals surface area contributed by atoms with Crippen molar-refractivity contribution in [3.05, 3.63) is 36.2 Å². The van der Waals surface area contributed by atoms with Gasteiger partial charge in [-0.3, -0.25) is 5.10 Å². The van der Waals surface area contributed by atoms with Crippen molar-refractivity contribution in [2.24, 2.45) is 0 Å². The van der Waals surface area contributed by atoms with Crippen LogP contribution in [0.4, 0.5) is 0 Å². The number of nitrogens with zero attached hydrogens (tertiary/aromatic N) is 3. The van der Waals surface area contributed by atoms with Crippen LogP contribution >= 0.6 is 0 Å². The molecule has 0 aliphatic carbocycles. The highest BCUT2D eigenvalue weighted by atomic mass is 16.5. The van der Waals surface area contributed by atoms with Crippen LogP contribution in [0.1, 0.15) is 5.69 Å². The van der Waals surface area contributed by atoms with Gasteiger partial charge in [-0.05, 0) is 19.1 Å². The van der Waals surface area contributed by atoms with Gasteiger partial charge in [-0.2, -0.15) is 15.1 Å². The number of aromatic nitrogens is 4. The van der Waals surface area contributed by atoms with E-state index < -0.39 is 0 Å². The predicted molar refractivity (Wildman–Crippen MR) is 69.5 cm³/mol. The molecule has 0 saturated heterocycles. The minimum Gasteiger partial charge on any atom is -0.481 e. The number of hydrogen-bond donors (Lipinski definition) is 1. The van der Waals surface area contributed by atoms with E-state index in [2.05, 4.69) is 20.2 Å². The highest BCUT2D eigenvalue weighted by Crippen LogP contribution is 2.23. The first-order chi connectivity index (χ1) is 9.24. The standard InChI is InChI=1S/C13H12N4O2/c1-8-5-12(18-2)16-13(15-8)19-10-4-3-9-7-14-17-11(9)6-10/h3-7H,1-2H3,(H,14,17). The van der Waals surface area contributed by atoms with E-state index in [1.165, 1.54) is 0 Å². The Balaban J connectivity index is 1.93. The van der Waals surface area contributed by atoms with Gasteiger partial charge in [0.25, 0.3) is 0 Å². The Bertz CT molecular complexity index is 723. The fourth-order valence-electron chi connectivity index (χ4n) is 1.75. The van der Waals surface area contributed by atoms with Crippen molar-refractivity contribution in [2.45, 2.75) is 6.92 Å². The van der Waals surface area contributed by atoms with E-state index >= 15 is 0 Å². The van der Waals surface area contributed by atoms with Crippen LogP contribution in [0, 0.1) is 6.92 Å². The molecule has 19 heavy (non-hydrogen) atoms. The van der Waals surface area contributed by atoms with E-state index in [0.29, 0.717) is 11.6 Å². The molecule has 96 valence electrons. The van der Waals surface area contributed by atoms with Crippen LogP contribution in [0.5, 0.6) is 17.6 Å². The van der Waals surface area contributed by atoms with E-state index in [4.69, 9.17) is 9.47 Å². The summed E-state index contributed by atoms with van der Waals surface area (Å²) in [5.41, 5.74) is 1.68. The van der Waals surface area contributed by atoms with E-state index in [1.807, 2.05) is 25.1 Å². The SMILES string of the molecule is COc1cc(C)nc(Oc2ccc3cn[nH]c3c2)n1. The van der Waals surface area contributed by atoms with Crippen LogP contribution in [-0.2, 0) is 0 Å². The molecule has 6 nitrogen and oxygen atoms in total. The van der Waals surface area contributed by atoms with Crippen LogP contribution in [-0.4, -0.2) is 27.3 Å². The summed E-state index contributed by atoms with van der Waals surface area (Å²) in [5, 5.41) is 7.87. The first-order valence-corrected chi connectivity index (χ1v) is 5.75. The van der Waals surface area contributed by atoms with Crippen molar-refractivity contribution in [3.63, 3.8) is 0 Å². The van der Waals surface area contributed by atoms with Crippen LogP contribution in [0.3, 0.4) is 0 Å². The Labute approximate surface area is 109 Å². The lowest BCUT2D eigenvalue weighted by Crippen LogP contribution is -1.96. The van der Waals surface area contributed by atoms with Gasteiger partial charge in [0.1, 0.15) is 5.75 Å². The molecule has 2 heterocycles. The molecule has 0 aliphatic rings. The number of benzene rings is 1. The zero-order chi connectivity index (χ0) is 13.2. The molecule has 2 aromatic heterocycles. The Morgan fingerprint density at radius 3 is 2.89 bits per heavy atom. The largest absolute Gasteiger partial charge is 0.481 e. The highest BCUT2D eigenvalue weighted by molar-refractivity contribution is 5.79. The molecule has 0 amide bonds. The van der Waals surface area contributed by atoms with Crippen molar-refractivity contribution in [2.75, 3.05) is 7.11 Å². The molecule has 1 aromatic carbocycles. The van der Waals surface area contributed by atoms with Gasteiger partial charge in [0.15, 0.2) is 0 Å². The summed E-state index contributed by atoms with van der Waals surface area (Å²) in [7, 11) is 1.56. The molecular weight excluding hydrogens is 244 g/mol. The van der Waals surface area contributed by atoms with Crippen molar-refractivity contribution in [1.82, 2.24) is 20.2 Å². The second-order valence-electron chi connectivity index (χ2n) is 4.06. The Hall–Kier alpha value is -2.63. The number of aromatic amines is 1. The predicted octanol–water partition coefficient (Wildman–Crippen LogP) is 2.46. The van der Waals surface area contributed by atoms with E-state index in [1.54, 1.807) is 19.4 Å². The average Bonchev–Trinajstić information content (AvgIpc) is 2.85. The zero-order valence-corrected chi connectivity index (χ0v) is 10.5. The number of hydrogen-bond acceptors (Lipinski definition) is 5. The number of ether oxygens (including phenoxy) is 2. The lowest BCUT2D eigenvalue weighted by Gasteiger charge is -2.06. The highest BCUT2D eigenvalue weighted by Gasteiger charge is 2.06. The summed E-state index contributed by atoms with van der Waals surface area (Å²) in [6, 6.07) is 7.61. The van der Waals surface area contributed by atoms with Crippen LogP contribution in [0.2, 0.25) is 0 Å². The van der Waals surface area contributed by atoms with Crippen molar-refractivity contribution < 1.29 is 9.47 Å². The number of rotatable bonds is 3. The number of H-pyrrole nitrogens is 1. The summed E-state index contributed by atoms with van der Waals surface area (Å²) < 4.78 is 10.7. The maximum Gasteiger partial charge on any atom is 0.325 e. The lowest BCUT2D eigenvalue weighted by molar-refractivity contribution is 0.375. The second-order valence-corrected chi connectivity index (χ2v) is 4.06. The number of nitrogens with one attached hydrogen (secondary N) is 1. The molecule has 0 saturated carbocycles. The molecule has 0 radical (unpaired) electrons. The molecular formula is C13H12N4O2. The molecule has 1 N–H and O–H groups in total. The third-order valence-corrected chi connectivity index (χ3v) is 2.64. The van der Waals surface area contributed by atoms with E-state index in [9.17, 15) is 0 Å². The summed E-state index contributed by atoms with van der Waals surface area (Å²) in [6.45, 7) is 1.86. The zero-order valence-electron chi connectivity index (χ0n) is 10.5. The lowest BCUT2D eigenvalue weighted by atomic mass is 10.2. The average molecular weight is 256 g/mol. The normalized spacial score (nSPS) is 10.6. The fraction of sp³-hybridized carbons (Fsp3) is 0.154. The van der Waals surface area contributed by atoms with Crippen molar-refractivity contribution in [1.29, 1.82) is 0 Å². The Kier molecular flexibility index (Phi) is 2.75. The maximum absolute atomic E-state index is 5.63. The molecule has 0 aliphatic heterocycles. The van der Waals surface area contributed by atoms with Gasteiger partial charge in [-0.25, -0.2) is 0 Å².